The Hall–Kier alpha value is -2.08. The van der Waals surface area contributed by atoms with Gasteiger partial charge in [-0.15, -0.1) is 0 Å². The van der Waals surface area contributed by atoms with Crippen LogP contribution in [0.4, 0.5) is 5.69 Å². The lowest BCUT2D eigenvalue weighted by molar-refractivity contribution is 0.0696. The van der Waals surface area contributed by atoms with Crippen LogP contribution >= 0.6 is 15.9 Å². The van der Waals surface area contributed by atoms with Crippen molar-refractivity contribution in [2.45, 2.75) is 18.9 Å². The normalized spacial score (nSPS) is 14.0. The van der Waals surface area contributed by atoms with Gasteiger partial charge in [-0.25, -0.2) is 4.79 Å². The Bertz CT molecular complexity index is 702. The molecule has 6 heteroatoms. The summed E-state index contributed by atoms with van der Waals surface area (Å²) in [4.78, 5) is 23.1. The van der Waals surface area contributed by atoms with Gasteiger partial charge in [0.05, 0.1) is 5.56 Å². The molecule has 2 N–H and O–H groups in total. The predicted molar refractivity (Wildman–Crippen MR) is 81.8 cm³/mol. The Labute approximate surface area is 129 Å². The number of hydrogen-bond donors (Lipinski definition) is 2. The summed E-state index contributed by atoms with van der Waals surface area (Å²) in [5, 5.41) is 11.6. The van der Waals surface area contributed by atoms with Crippen molar-refractivity contribution in [1.82, 2.24) is 4.57 Å². The van der Waals surface area contributed by atoms with E-state index in [0.29, 0.717) is 17.4 Å². The molecule has 5 nitrogen and oxygen atoms in total. The molecule has 1 aromatic carbocycles. The monoisotopic (exact) mass is 348 g/mol. The Morgan fingerprint density at radius 1 is 1.24 bits per heavy atom. The van der Waals surface area contributed by atoms with Crippen LogP contribution in [0.1, 0.15) is 39.7 Å². The van der Waals surface area contributed by atoms with Crippen molar-refractivity contribution in [3.05, 3.63) is 52.3 Å². The highest BCUT2D eigenvalue weighted by molar-refractivity contribution is 9.10. The number of aromatic nitrogens is 1. The van der Waals surface area contributed by atoms with Gasteiger partial charge in [0.1, 0.15) is 5.69 Å². The lowest BCUT2D eigenvalue weighted by Gasteiger charge is -2.08. The fraction of sp³-hybridized carbons (Fsp3) is 0.200. The Morgan fingerprint density at radius 3 is 2.48 bits per heavy atom. The molecule has 0 spiro atoms. The van der Waals surface area contributed by atoms with Crippen LogP contribution in [0, 0.1) is 0 Å². The van der Waals surface area contributed by atoms with Crippen LogP contribution < -0.4 is 5.32 Å². The Morgan fingerprint density at radius 2 is 1.90 bits per heavy atom. The van der Waals surface area contributed by atoms with Crippen LogP contribution in [0.2, 0.25) is 0 Å². The summed E-state index contributed by atoms with van der Waals surface area (Å²) in [6, 6.07) is 8.30. The third kappa shape index (κ3) is 3.00. The van der Waals surface area contributed by atoms with Gasteiger partial charge in [-0.05, 0) is 59.1 Å². The summed E-state index contributed by atoms with van der Waals surface area (Å²) in [5.41, 5.74) is 1.37. The molecule has 0 saturated heterocycles. The Kier molecular flexibility index (Phi) is 3.55. The second kappa shape index (κ2) is 5.37. The number of anilines is 1. The van der Waals surface area contributed by atoms with Crippen molar-refractivity contribution in [2.24, 2.45) is 0 Å². The number of carboxylic acids is 1. The molecule has 1 saturated carbocycles. The van der Waals surface area contributed by atoms with E-state index in [1.165, 1.54) is 12.1 Å². The molecule has 0 aliphatic heterocycles. The molecule has 2 aromatic rings. The van der Waals surface area contributed by atoms with E-state index in [0.717, 1.165) is 17.3 Å². The molecule has 0 radical (unpaired) electrons. The predicted octanol–water partition coefficient (Wildman–Crippen LogP) is 3.54. The SMILES string of the molecule is O=C(O)c1ccc(NC(=O)c2cc(Br)cn2C2CC2)cc1. The first-order valence-electron chi connectivity index (χ1n) is 6.56. The van der Waals surface area contributed by atoms with Crippen LogP contribution in [-0.4, -0.2) is 21.6 Å². The van der Waals surface area contributed by atoms with Crippen LogP contribution in [-0.2, 0) is 0 Å². The van der Waals surface area contributed by atoms with Gasteiger partial charge >= 0.3 is 5.97 Å². The van der Waals surface area contributed by atoms with Gasteiger partial charge in [0, 0.05) is 22.4 Å². The second-order valence-electron chi connectivity index (χ2n) is 5.02. The third-order valence-electron chi connectivity index (χ3n) is 3.38. The van der Waals surface area contributed by atoms with E-state index in [1.807, 2.05) is 10.8 Å². The summed E-state index contributed by atoms with van der Waals surface area (Å²) in [6.45, 7) is 0. The van der Waals surface area contributed by atoms with Crippen molar-refractivity contribution < 1.29 is 14.7 Å². The molecule has 0 atom stereocenters. The molecular formula is C15H13BrN2O3. The maximum absolute atomic E-state index is 12.3. The van der Waals surface area contributed by atoms with Gasteiger partial charge in [0.2, 0.25) is 0 Å². The highest BCUT2D eigenvalue weighted by Gasteiger charge is 2.27. The van der Waals surface area contributed by atoms with Crippen LogP contribution in [0.25, 0.3) is 0 Å². The molecule has 1 heterocycles. The first kappa shape index (κ1) is 13.9. The van der Waals surface area contributed by atoms with Crippen molar-refractivity contribution in [3.8, 4) is 0 Å². The second-order valence-corrected chi connectivity index (χ2v) is 5.93. The molecule has 108 valence electrons. The quantitative estimate of drug-likeness (QED) is 0.887. The van der Waals surface area contributed by atoms with Crippen molar-refractivity contribution in [1.29, 1.82) is 0 Å². The summed E-state index contributed by atoms with van der Waals surface area (Å²) >= 11 is 3.39. The molecule has 0 bridgehead atoms. The van der Waals surface area contributed by atoms with Gasteiger partial charge in [-0.1, -0.05) is 0 Å². The number of hydrogen-bond acceptors (Lipinski definition) is 2. The topological polar surface area (TPSA) is 71.3 Å². The first-order valence-corrected chi connectivity index (χ1v) is 7.36. The average Bonchev–Trinajstić information content (AvgIpc) is 3.22. The minimum Gasteiger partial charge on any atom is -0.478 e. The highest BCUT2D eigenvalue weighted by atomic mass is 79.9. The van der Waals surface area contributed by atoms with Crippen molar-refractivity contribution in [2.75, 3.05) is 5.32 Å². The molecule has 1 fully saturated rings. The number of halogens is 1. The van der Waals surface area contributed by atoms with Gasteiger partial charge in [-0.2, -0.15) is 0 Å². The zero-order chi connectivity index (χ0) is 15.0. The van der Waals surface area contributed by atoms with Crippen LogP contribution in [0.15, 0.2) is 41.0 Å². The van der Waals surface area contributed by atoms with E-state index in [2.05, 4.69) is 21.2 Å². The van der Waals surface area contributed by atoms with Crippen molar-refractivity contribution >= 4 is 33.5 Å². The van der Waals surface area contributed by atoms with Crippen LogP contribution in [0.3, 0.4) is 0 Å². The number of benzene rings is 1. The van der Waals surface area contributed by atoms with Gasteiger partial charge in [-0.3, -0.25) is 4.79 Å². The van der Waals surface area contributed by atoms with Crippen molar-refractivity contribution in [3.63, 3.8) is 0 Å². The molecule has 0 unspecified atom stereocenters. The molecular weight excluding hydrogens is 336 g/mol. The average molecular weight is 349 g/mol. The van der Waals surface area contributed by atoms with Gasteiger partial charge in [0.15, 0.2) is 0 Å². The number of nitrogens with zero attached hydrogens (tertiary/aromatic N) is 1. The number of nitrogens with one attached hydrogen (secondary N) is 1. The maximum Gasteiger partial charge on any atom is 0.335 e. The lowest BCUT2D eigenvalue weighted by Crippen LogP contribution is -2.16. The fourth-order valence-corrected chi connectivity index (χ4v) is 2.61. The maximum atomic E-state index is 12.3. The standard InChI is InChI=1S/C15H13BrN2O3/c16-10-7-13(18(8-10)12-5-6-12)14(19)17-11-3-1-9(2-4-11)15(20)21/h1-4,7-8,12H,5-6H2,(H,17,19)(H,20,21). The molecule has 1 amide bonds. The summed E-state index contributed by atoms with van der Waals surface area (Å²) < 4.78 is 2.85. The molecule has 1 aliphatic rings. The first-order chi connectivity index (χ1) is 10.0. The number of carbonyl (C=O) groups is 2. The van der Waals surface area contributed by atoms with E-state index < -0.39 is 5.97 Å². The summed E-state index contributed by atoms with van der Waals surface area (Å²) in [6.07, 6.45) is 4.10. The number of carbonyl (C=O) groups excluding carboxylic acids is 1. The smallest absolute Gasteiger partial charge is 0.335 e. The van der Waals surface area contributed by atoms with E-state index in [4.69, 9.17) is 5.11 Å². The largest absolute Gasteiger partial charge is 0.478 e. The van der Waals surface area contributed by atoms with Gasteiger partial charge in [0.25, 0.3) is 5.91 Å². The third-order valence-corrected chi connectivity index (χ3v) is 3.81. The van der Waals surface area contributed by atoms with E-state index in [9.17, 15) is 9.59 Å². The number of rotatable bonds is 4. The minimum absolute atomic E-state index is 0.192. The molecule has 3 rings (SSSR count). The molecule has 1 aliphatic carbocycles. The fourth-order valence-electron chi connectivity index (χ4n) is 2.17. The summed E-state index contributed by atoms with van der Waals surface area (Å²) in [5.74, 6) is -1.19. The Balaban J connectivity index is 1.78. The number of carboxylic acid groups (broad SMARTS) is 1. The number of amides is 1. The summed E-state index contributed by atoms with van der Waals surface area (Å²) in [7, 11) is 0. The number of aromatic carboxylic acids is 1. The van der Waals surface area contributed by atoms with Crippen LogP contribution in [0.5, 0.6) is 0 Å². The zero-order valence-electron chi connectivity index (χ0n) is 11.0. The van der Waals surface area contributed by atoms with E-state index in [1.54, 1.807) is 18.2 Å². The molecule has 1 aromatic heterocycles. The van der Waals surface area contributed by atoms with E-state index in [-0.39, 0.29) is 11.5 Å². The van der Waals surface area contributed by atoms with Gasteiger partial charge < -0.3 is 15.0 Å². The minimum atomic E-state index is -0.987. The van der Waals surface area contributed by atoms with E-state index >= 15 is 0 Å². The lowest BCUT2D eigenvalue weighted by atomic mass is 10.2. The zero-order valence-corrected chi connectivity index (χ0v) is 12.6. The molecule has 21 heavy (non-hydrogen) atoms. The highest BCUT2D eigenvalue weighted by Crippen LogP contribution is 2.37.